The fourth-order valence-corrected chi connectivity index (χ4v) is 1.44. The Morgan fingerprint density at radius 1 is 1.33 bits per heavy atom. The van der Waals surface area contributed by atoms with E-state index in [1.807, 2.05) is 13.0 Å². The highest BCUT2D eigenvalue weighted by Crippen LogP contribution is 2.13. The van der Waals surface area contributed by atoms with Crippen molar-refractivity contribution in [2.75, 3.05) is 18.4 Å². The van der Waals surface area contributed by atoms with Gasteiger partial charge in [-0.2, -0.15) is 0 Å². The molecule has 0 saturated heterocycles. The third-order valence-corrected chi connectivity index (χ3v) is 2.51. The summed E-state index contributed by atoms with van der Waals surface area (Å²) < 4.78 is 0. The second kappa shape index (κ2) is 7.63. The van der Waals surface area contributed by atoms with Crippen LogP contribution in [0.2, 0.25) is 0 Å². The van der Waals surface area contributed by atoms with E-state index in [4.69, 9.17) is 0 Å². The molecule has 1 aromatic heterocycles. The van der Waals surface area contributed by atoms with Gasteiger partial charge in [0.05, 0.1) is 0 Å². The Labute approximate surface area is 108 Å². The van der Waals surface area contributed by atoms with Gasteiger partial charge in [-0.25, -0.2) is 9.97 Å². The van der Waals surface area contributed by atoms with E-state index in [0.717, 1.165) is 24.5 Å². The van der Waals surface area contributed by atoms with Gasteiger partial charge in [-0.3, -0.25) is 4.79 Å². The molecule has 1 amide bonds. The summed E-state index contributed by atoms with van der Waals surface area (Å²) in [4.78, 5) is 19.7. The Morgan fingerprint density at radius 2 is 2.11 bits per heavy atom. The molecule has 0 bridgehead atoms. The maximum atomic E-state index is 11.4. The third-order valence-electron chi connectivity index (χ3n) is 2.51. The van der Waals surface area contributed by atoms with E-state index in [0.29, 0.717) is 18.9 Å². The number of carbonyl (C=O) groups is 1. The van der Waals surface area contributed by atoms with Crippen molar-refractivity contribution in [1.82, 2.24) is 15.3 Å². The zero-order valence-electron chi connectivity index (χ0n) is 11.4. The van der Waals surface area contributed by atoms with Gasteiger partial charge in [0, 0.05) is 31.3 Å². The van der Waals surface area contributed by atoms with Crippen molar-refractivity contribution in [3.63, 3.8) is 0 Å². The lowest BCUT2D eigenvalue weighted by atomic mass is 10.1. The maximum absolute atomic E-state index is 11.4. The van der Waals surface area contributed by atoms with Crippen molar-refractivity contribution in [1.29, 1.82) is 0 Å². The van der Waals surface area contributed by atoms with Gasteiger partial charge in [-0.05, 0) is 12.3 Å². The van der Waals surface area contributed by atoms with Crippen LogP contribution in [0.1, 0.15) is 45.2 Å². The molecule has 1 aromatic rings. The molecule has 1 rings (SSSR count). The van der Waals surface area contributed by atoms with Crippen LogP contribution in [-0.2, 0) is 4.79 Å². The minimum absolute atomic E-state index is 0.0717. The largest absolute Gasteiger partial charge is 0.369 e. The Hall–Kier alpha value is -1.65. The predicted octanol–water partition coefficient (Wildman–Crippen LogP) is 1.93. The minimum atomic E-state index is 0.0717. The number of carbonyl (C=O) groups excluding carboxylic acids is 1. The fourth-order valence-electron chi connectivity index (χ4n) is 1.44. The molecule has 1 heterocycles. The predicted molar refractivity (Wildman–Crippen MR) is 72.5 cm³/mol. The van der Waals surface area contributed by atoms with E-state index in [1.54, 1.807) is 6.33 Å². The molecule has 2 N–H and O–H groups in total. The zero-order valence-corrected chi connectivity index (χ0v) is 11.4. The lowest BCUT2D eigenvalue weighted by molar-refractivity contribution is -0.120. The standard InChI is InChI=1S/C13H22N4O/c1-4-6-15-13(18)5-7-14-12-8-11(10(2)3)16-9-17-12/h8-10H,4-7H2,1-3H3,(H,15,18)(H,14,16,17). The number of anilines is 1. The number of hydrogen-bond acceptors (Lipinski definition) is 4. The van der Waals surface area contributed by atoms with Crippen LogP contribution < -0.4 is 10.6 Å². The van der Waals surface area contributed by atoms with Crippen molar-refractivity contribution in [3.05, 3.63) is 18.1 Å². The van der Waals surface area contributed by atoms with Crippen LogP contribution in [0, 0.1) is 0 Å². The van der Waals surface area contributed by atoms with E-state index in [-0.39, 0.29) is 5.91 Å². The number of rotatable bonds is 7. The highest BCUT2D eigenvalue weighted by molar-refractivity contribution is 5.76. The Balaban J connectivity index is 2.35. The summed E-state index contributed by atoms with van der Waals surface area (Å²) in [5.41, 5.74) is 1.00. The second-order valence-corrected chi connectivity index (χ2v) is 4.51. The Bertz CT molecular complexity index is 379. The van der Waals surface area contributed by atoms with Crippen molar-refractivity contribution < 1.29 is 4.79 Å². The Morgan fingerprint density at radius 3 is 2.78 bits per heavy atom. The number of nitrogens with one attached hydrogen (secondary N) is 2. The van der Waals surface area contributed by atoms with Crippen LogP contribution >= 0.6 is 0 Å². The van der Waals surface area contributed by atoms with E-state index in [9.17, 15) is 4.79 Å². The first-order valence-corrected chi connectivity index (χ1v) is 6.46. The molecular formula is C13H22N4O. The van der Waals surface area contributed by atoms with Crippen molar-refractivity contribution >= 4 is 11.7 Å². The first kappa shape index (κ1) is 14.4. The molecule has 0 saturated carbocycles. The van der Waals surface area contributed by atoms with Gasteiger partial charge in [0.15, 0.2) is 0 Å². The van der Waals surface area contributed by atoms with Crippen LogP contribution in [0.15, 0.2) is 12.4 Å². The molecule has 0 radical (unpaired) electrons. The number of nitrogens with zero attached hydrogens (tertiary/aromatic N) is 2. The average Bonchev–Trinajstić information content (AvgIpc) is 2.36. The number of amides is 1. The molecule has 0 spiro atoms. The molecule has 5 nitrogen and oxygen atoms in total. The van der Waals surface area contributed by atoms with Gasteiger partial charge in [0.2, 0.25) is 5.91 Å². The van der Waals surface area contributed by atoms with E-state index < -0.39 is 0 Å². The smallest absolute Gasteiger partial charge is 0.221 e. The quantitative estimate of drug-likeness (QED) is 0.776. The number of aromatic nitrogens is 2. The van der Waals surface area contributed by atoms with Gasteiger partial charge in [-0.1, -0.05) is 20.8 Å². The second-order valence-electron chi connectivity index (χ2n) is 4.51. The molecule has 0 unspecified atom stereocenters. The SMILES string of the molecule is CCCNC(=O)CCNc1cc(C(C)C)ncn1. The molecule has 0 aliphatic rings. The zero-order chi connectivity index (χ0) is 13.4. The molecular weight excluding hydrogens is 228 g/mol. The first-order chi connectivity index (χ1) is 8.63. The molecule has 0 aliphatic heterocycles. The number of hydrogen-bond donors (Lipinski definition) is 2. The van der Waals surface area contributed by atoms with Crippen LogP contribution in [0.5, 0.6) is 0 Å². The molecule has 0 aromatic carbocycles. The summed E-state index contributed by atoms with van der Waals surface area (Å²) in [7, 11) is 0. The third kappa shape index (κ3) is 5.12. The van der Waals surface area contributed by atoms with Crippen molar-refractivity contribution in [2.45, 2.75) is 39.5 Å². The van der Waals surface area contributed by atoms with Crippen molar-refractivity contribution in [3.8, 4) is 0 Å². The van der Waals surface area contributed by atoms with Crippen LogP contribution in [0.3, 0.4) is 0 Å². The minimum Gasteiger partial charge on any atom is -0.369 e. The molecule has 100 valence electrons. The molecule has 0 fully saturated rings. The maximum Gasteiger partial charge on any atom is 0.221 e. The summed E-state index contributed by atoms with van der Waals surface area (Å²) in [6.07, 6.45) is 2.97. The normalized spacial score (nSPS) is 10.4. The lowest BCUT2D eigenvalue weighted by Crippen LogP contribution is -2.26. The molecule has 0 atom stereocenters. The summed E-state index contributed by atoms with van der Waals surface area (Å²) in [5.74, 6) is 1.22. The Kier molecular flexibility index (Phi) is 6.11. The van der Waals surface area contributed by atoms with Crippen LogP contribution in [0.25, 0.3) is 0 Å². The van der Waals surface area contributed by atoms with Crippen LogP contribution in [-0.4, -0.2) is 29.0 Å². The van der Waals surface area contributed by atoms with Gasteiger partial charge >= 0.3 is 0 Å². The monoisotopic (exact) mass is 250 g/mol. The van der Waals surface area contributed by atoms with Crippen LogP contribution in [0.4, 0.5) is 5.82 Å². The average molecular weight is 250 g/mol. The van der Waals surface area contributed by atoms with Gasteiger partial charge in [0.25, 0.3) is 0 Å². The van der Waals surface area contributed by atoms with Gasteiger partial charge < -0.3 is 10.6 Å². The fraction of sp³-hybridized carbons (Fsp3) is 0.615. The summed E-state index contributed by atoms with van der Waals surface area (Å²) >= 11 is 0. The topological polar surface area (TPSA) is 66.9 Å². The van der Waals surface area contributed by atoms with Gasteiger partial charge in [0.1, 0.15) is 12.1 Å². The van der Waals surface area contributed by atoms with Gasteiger partial charge in [-0.15, -0.1) is 0 Å². The molecule has 0 aliphatic carbocycles. The van der Waals surface area contributed by atoms with Crippen molar-refractivity contribution in [2.24, 2.45) is 0 Å². The summed E-state index contributed by atoms with van der Waals surface area (Å²) in [6.45, 7) is 7.54. The summed E-state index contributed by atoms with van der Waals surface area (Å²) in [6, 6.07) is 1.93. The van der Waals surface area contributed by atoms with E-state index >= 15 is 0 Å². The first-order valence-electron chi connectivity index (χ1n) is 6.46. The highest BCUT2D eigenvalue weighted by atomic mass is 16.1. The lowest BCUT2D eigenvalue weighted by Gasteiger charge is -2.08. The van der Waals surface area contributed by atoms with E-state index in [1.165, 1.54) is 0 Å². The summed E-state index contributed by atoms with van der Waals surface area (Å²) in [5, 5.41) is 5.97. The molecule has 5 heteroatoms. The highest BCUT2D eigenvalue weighted by Gasteiger charge is 2.03. The molecule has 18 heavy (non-hydrogen) atoms. The van der Waals surface area contributed by atoms with E-state index in [2.05, 4.69) is 34.4 Å².